The third kappa shape index (κ3) is 3.18. The molecule has 0 spiro atoms. The van der Waals surface area contributed by atoms with Gasteiger partial charge in [-0.15, -0.1) is 0 Å². The normalized spacial score (nSPS) is 18.5. The van der Waals surface area contributed by atoms with Crippen molar-refractivity contribution in [3.63, 3.8) is 0 Å². The first kappa shape index (κ1) is 19.2. The second-order valence-electron chi connectivity index (χ2n) is 8.31. The van der Waals surface area contributed by atoms with Crippen molar-refractivity contribution in [1.82, 2.24) is 0 Å². The Bertz CT molecular complexity index is 1320. The lowest BCUT2D eigenvalue weighted by atomic mass is 9.86. The second-order valence-corrected chi connectivity index (χ2v) is 8.75. The van der Waals surface area contributed by atoms with E-state index in [0.717, 1.165) is 5.02 Å². The maximum absolute atomic E-state index is 6.06. The van der Waals surface area contributed by atoms with Gasteiger partial charge >= 0.3 is 0 Å². The molecule has 1 nitrogen and oxygen atoms in total. The Morgan fingerprint density at radius 2 is 1.25 bits per heavy atom. The Balaban J connectivity index is 1.45. The highest BCUT2D eigenvalue weighted by Gasteiger charge is 2.38. The molecule has 154 valence electrons. The zero-order valence-corrected chi connectivity index (χ0v) is 18.3. The minimum atomic E-state index is 0.298. The van der Waals surface area contributed by atoms with Gasteiger partial charge in [0, 0.05) is 22.3 Å². The lowest BCUT2D eigenvalue weighted by Gasteiger charge is -2.28. The van der Waals surface area contributed by atoms with E-state index in [2.05, 4.69) is 114 Å². The van der Waals surface area contributed by atoms with Gasteiger partial charge in [-0.1, -0.05) is 103 Å². The number of nitrogens with zero attached hydrogens (tertiary/aromatic N) is 1. The van der Waals surface area contributed by atoms with Gasteiger partial charge in [-0.25, -0.2) is 0 Å². The van der Waals surface area contributed by atoms with Gasteiger partial charge in [0.05, 0.1) is 6.04 Å². The van der Waals surface area contributed by atoms with Crippen molar-refractivity contribution in [2.24, 2.45) is 0 Å². The van der Waals surface area contributed by atoms with Gasteiger partial charge in [0.15, 0.2) is 0 Å². The zero-order valence-electron chi connectivity index (χ0n) is 17.5. The summed E-state index contributed by atoms with van der Waals surface area (Å²) in [5, 5.41) is 0.761. The van der Waals surface area contributed by atoms with Crippen LogP contribution >= 0.6 is 11.6 Å². The molecule has 2 unspecified atom stereocenters. The first-order chi connectivity index (χ1) is 15.8. The molecule has 0 N–H and O–H groups in total. The molecule has 1 heterocycles. The quantitative estimate of drug-likeness (QED) is 0.314. The van der Waals surface area contributed by atoms with Crippen molar-refractivity contribution < 1.29 is 0 Å². The minimum Gasteiger partial charge on any atom is -0.333 e. The number of rotatable bonds is 3. The number of hydrogen-bond acceptors (Lipinski definition) is 1. The third-order valence-corrected chi connectivity index (χ3v) is 6.74. The molecule has 2 heteroatoms. The van der Waals surface area contributed by atoms with Crippen LogP contribution in [0.15, 0.2) is 121 Å². The molecule has 0 fully saturated rings. The van der Waals surface area contributed by atoms with Crippen LogP contribution < -0.4 is 4.90 Å². The molecule has 0 aromatic heterocycles. The molecule has 0 radical (unpaired) electrons. The SMILES string of the molecule is Clc1ccc(-c2ccc(-c3cccc4c3C3C=CC=CC3N4c3ccccc3)cc2)cc1. The number of benzene rings is 4. The van der Waals surface area contributed by atoms with E-state index < -0.39 is 0 Å². The second kappa shape index (κ2) is 7.85. The van der Waals surface area contributed by atoms with Crippen LogP contribution in [0.25, 0.3) is 22.3 Å². The van der Waals surface area contributed by atoms with Gasteiger partial charge in [-0.2, -0.15) is 0 Å². The largest absolute Gasteiger partial charge is 0.333 e. The molecular formula is C30H22ClN. The summed E-state index contributed by atoms with van der Waals surface area (Å²) in [6.45, 7) is 0. The first-order valence-corrected chi connectivity index (χ1v) is 11.4. The molecule has 0 bridgehead atoms. The number of allylic oxidation sites excluding steroid dienone is 2. The Kier molecular flexibility index (Phi) is 4.70. The number of anilines is 2. The Labute approximate surface area is 193 Å². The van der Waals surface area contributed by atoms with Crippen molar-refractivity contribution >= 4 is 23.0 Å². The van der Waals surface area contributed by atoms with E-state index in [-0.39, 0.29) is 0 Å². The topological polar surface area (TPSA) is 3.24 Å². The van der Waals surface area contributed by atoms with Gasteiger partial charge in [-0.05, 0) is 58.1 Å². The average Bonchev–Trinajstić information content (AvgIpc) is 3.20. The van der Waals surface area contributed by atoms with Crippen LogP contribution in [0.5, 0.6) is 0 Å². The van der Waals surface area contributed by atoms with Crippen LogP contribution in [-0.2, 0) is 0 Å². The number of para-hydroxylation sites is 1. The van der Waals surface area contributed by atoms with Crippen LogP contribution in [-0.4, -0.2) is 6.04 Å². The molecular weight excluding hydrogens is 410 g/mol. The van der Waals surface area contributed by atoms with Gasteiger partial charge in [0.25, 0.3) is 0 Å². The summed E-state index contributed by atoms with van der Waals surface area (Å²) in [5.41, 5.74) is 8.85. The first-order valence-electron chi connectivity index (χ1n) is 11.0. The van der Waals surface area contributed by atoms with E-state index in [0.29, 0.717) is 12.0 Å². The van der Waals surface area contributed by atoms with E-state index in [1.807, 2.05) is 12.1 Å². The molecule has 4 aromatic carbocycles. The van der Waals surface area contributed by atoms with Crippen LogP contribution in [0.4, 0.5) is 11.4 Å². The predicted octanol–water partition coefficient (Wildman–Crippen LogP) is 8.40. The Morgan fingerprint density at radius 1 is 0.594 bits per heavy atom. The Morgan fingerprint density at radius 3 is 2.00 bits per heavy atom. The smallest absolute Gasteiger partial charge is 0.0629 e. The highest BCUT2D eigenvalue weighted by molar-refractivity contribution is 6.30. The molecule has 0 saturated carbocycles. The van der Waals surface area contributed by atoms with Gasteiger partial charge in [0.1, 0.15) is 0 Å². The lowest BCUT2D eigenvalue weighted by Crippen LogP contribution is -2.28. The molecule has 4 aromatic rings. The summed E-state index contributed by atoms with van der Waals surface area (Å²) < 4.78 is 0. The van der Waals surface area contributed by atoms with E-state index >= 15 is 0 Å². The van der Waals surface area contributed by atoms with Crippen molar-refractivity contribution in [3.05, 3.63) is 132 Å². The van der Waals surface area contributed by atoms with E-state index in [1.54, 1.807) is 0 Å². The predicted molar refractivity (Wildman–Crippen MR) is 136 cm³/mol. The molecule has 32 heavy (non-hydrogen) atoms. The summed E-state index contributed by atoms with van der Waals surface area (Å²) in [4.78, 5) is 2.48. The average molecular weight is 432 g/mol. The van der Waals surface area contributed by atoms with Crippen LogP contribution in [0.2, 0.25) is 5.02 Å². The van der Waals surface area contributed by atoms with Crippen molar-refractivity contribution in [2.45, 2.75) is 12.0 Å². The lowest BCUT2D eigenvalue weighted by molar-refractivity contribution is 0.745. The fourth-order valence-corrected chi connectivity index (χ4v) is 5.15. The minimum absolute atomic E-state index is 0.298. The van der Waals surface area contributed by atoms with Crippen molar-refractivity contribution in [3.8, 4) is 22.3 Å². The van der Waals surface area contributed by atoms with Crippen LogP contribution in [0.1, 0.15) is 11.5 Å². The number of hydrogen-bond donors (Lipinski definition) is 0. The molecule has 0 amide bonds. The van der Waals surface area contributed by atoms with E-state index in [4.69, 9.17) is 11.6 Å². The van der Waals surface area contributed by atoms with Crippen LogP contribution in [0, 0.1) is 0 Å². The van der Waals surface area contributed by atoms with E-state index in [9.17, 15) is 0 Å². The Hall–Kier alpha value is -3.55. The summed E-state index contributed by atoms with van der Waals surface area (Å²) >= 11 is 6.06. The number of halogens is 1. The summed E-state index contributed by atoms with van der Waals surface area (Å²) in [7, 11) is 0. The molecule has 6 rings (SSSR count). The third-order valence-electron chi connectivity index (χ3n) is 6.49. The van der Waals surface area contributed by atoms with Crippen molar-refractivity contribution in [2.75, 3.05) is 4.90 Å². The van der Waals surface area contributed by atoms with Crippen molar-refractivity contribution in [1.29, 1.82) is 0 Å². The summed E-state index contributed by atoms with van der Waals surface area (Å²) in [6.07, 6.45) is 9.02. The highest BCUT2D eigenvalue weighted by Crippen LogP contribution is 2.51. The number of fused-ring (bicyclic) bond motifs is 3. The summed E-state index contributed by atoms with van der Waals surface area (Å²) in [5.74, 6) is 0.336. The fraction of sp³-hybridized carbons (Fsp3) is 0.0667. The van der Waals surface area contributed by atoms with Crippen LogP contribution in [0.3, 0.4) is 0 Å². The molecule has 1 aliphatic carbocycles. The van der Waals surface area contributed by atoms with Gasteiger partial charge < -0.3 is 4.90 Å². The van der Waals surface area contributed by atoms with E-state index in [1.165, 1.54) is 39.2 Å². The monoisotopic (exact) mass is 431 g/mol. The maximum atomic E-state index is 6.06. The molecule has 0 saturated heterocycles. The highest BCUT2D eigenvalue weighted by atomic mass is 35.5. The van der Waals surface area contributed by atoms with Gasteiger partial charge in [0.2, 0.25) is 0 Å². The molecule has 2 aliphatic rings. The fourth-order valence-electron chi connectivity index (χ4n) is 5.02. The molecule has 1 aliphatic heterocycles. The molecule has 2 atom stereocenters. The zero-order chi connectivity index (χ0) is 21.5. The maximum Gasteiger partial charge on any atom is 0.0629 e. The summed E-state index contributed by atoms with van der Waals surface area (Å²) in [6, 6.07) is 34.6. The van der Waals surface area contributed by atoms with Gasteiger partial charge in [-0.3, -0.25) is 0 Å². The standard InChI is InChI=1S/C30H22ClN/c31-24-19-17-22(18-20-24)21-13-15-23(16-14-21)26-10-6-12-29-30(26)27-9-4-5-11-28(27)32(29)25-7-2-1-3-8-25/h1-20,27-28H.